The van der Waals surface area contributed by atoms with E-state index in [1.165, 1.54) is 0 Å². The molecule has 4 aliphatic rings. The Morgan fingerprint density at radius 1 is 1.00 bits per heavy atom. The number of rotatable bonds is 0. The molecule has 0 aliphatic heterocycles. The fourth-order valence-electron chi connectivity index (χ4n) is 6.98. The number of aliphatic hydroxyl groups is 1. The number of hydrogen-bond acceptors (Lipinski definition) is 3. The van der Waals surface area contributed by atoms with Crippen molar-refractivity contribution in [2.45, 2.75) is 83.4 Å². The van der Waals surface area contributed by atoms with Gasteiger partial charge in [0.1, 0.15) is 5.78 Å². The summed E-state index contributed by atoms with van der Waals surface area (Å²) in [6.45, 7) is 5.73. The van der Waals surface area contributed by atoms with Crippen molar-refractivity contribution < 1.29 is 19.1 Å². The summed E-state index contributed by atoms with van der Waals surface area (Å²) in [5.74, 6) is -0.334. The van der Waals surface area contributed by atoms with Crippen LogP contribution in [0.2, 0.25) is 0 Å². The van der Waals surface area contributed by atoms with E-state index in [1.807, 2.05) is 20.8 Å². The Morgan fingerprint density at radius 2 is 1.71 bits per heavy atom. The van der Waals surface area contributed by atoms with Crippen LogP contribution in [0.4, 0.5) is 4.39 Å². The number of carbonyl (C=O) groups is 2. The molecule has 7 atom stereocenters. The lowest BCUT2D eigenvalue weighted by atomic mass is 9.42. The average Bonchev–Trinajstić information content (AvgIpc) is 2.72. The van der Waals surface area contributed by atoms with Crippen LogP contribution in [0.3, 0.4) is 0 Å². The van der Waals surface area contributed by atoms with E-state index in [4.69, 9.17) is 0 Å². The number of halogens is 1. The molecule has 1 N–H and O–H groups in total. The molecule has 0 unspecified atom stereocenters. The topological polar surface area (TPSA) is 54.4 Å². The maximum atomic E-state index is 16.6. The minimum absolute atomic E-state index is 0.00443. The van der Waals surface area contributed by atoms with Crippen molar-refractivity contribution in [2.75, 3.05) is 0 Å². The van der Waals surface area contributed by atoms with Crippen molar-refractivity contribution in [2.24, 2.45) is 28.6 Å². The lowest BCUT2D eigenvalue weighted by Gasteiger charge is -2.62. The average molecular weight is 336 g/mol. The highest BCUT2D eigenvalue weighted by Gasteiger charge is 2.73. The number of ketones is 2. The molecule has 0 spiro atoms. The van der Waals surface area contributed by atoms with E-state index in [0.717, 1.165) is 12.8 Å². The van der Waals surface area contributed by atoms with Crippen LogP contribution in [0.25, 0.3) is 0 Å². The van der Waals surface area contributed by atoms with Crippen molar-refractivity contribution in [3.05, 3.63) is 0 Å². The molecule has 0 aromatic carbocycles. The van der Waals surface area contributed by atoms with E-state index in [-0.39, 0.29) is 35.7 Å². The number of hydrogen-bond donors (Lipinski definition) is 1. The Kier molecular flexibility index (Phi) is 3.26. The lowest BCUT2D eigenvalue weighted by molar-refractivity contribution is -0.205. The van der Waals surface area contributed by atoms with Crippen molar-refractivity contribution in [1.29, 1.82) is 0 Å². The van der Waals surface area contributed by atoms with Crippen molar-refractivity contribution in [3.63, 3.8) is 0 Å². The fraction of sp³-hybridized carbons (Fsp3) is 0.900. The van der Waals surface area contributed by atoms with Gasteiger partial charge in [-0.15, -0.1) is 0 Å². The first kappa shape index (κ1) is 16.7. The third-order valence-corrected chi connectivity index (χ3v) is 8.88. The van der Waals surface area contributed by atoms with Gasteiger partial charge in [0.25, 0.3) is 0 Å². The van der Waals surface area contributed by atoms with E-state index in [2.05, 4.69) is 0 Å². The Morgan fingerprint density at radius 3 is 2.42 bits per heavy atom. The highest BCUT2D eigenvalue weighted by atomic mass is 19.1. The molecule has 0 aromatic heterocycles. The van der Waals surface area contributed by atoms with Crippen molar-refractivity contribution in [3.8, 4) is 0 Å². The van der Waals surface area contributed by atoms with Crippen LogP contribution in [-0.4, -0.2) is 27.9 Å². The van der Waals surface area contributed by atoms with Gasteiger partial charge in [-0.3, -0.25) is 9.59 Å². The summed E-state index contributed by atoms with van der Waals surface area (Å²) < 4.78 is 16.6. The molecule has 4 fully saturated rings. The summed E-state index contributed by atoms with van der Waals surface area (Å²) in [5.41, 5.74) is -3.94. The predicted octanol–water partition coefficient (Wildman–Crippen LogP) is 3.62. The first-order chi connectivity index (χ1) is 11.1. The molecule has 4 aliphatic carbocycles. The number of fused-ring (bicyclic) bond motifs is 5. The first-order valence-corrected chi connectivity index (χ1v) is 9.52. The standard InChI is InChI=1S/C20H29FO3/c1-17-8-6-13(22)10-12(17)4-5-15-14-7-9-19(3,24)18(14,2)11-16(23)20(15,17)21/h12,14-15,24H,4-11H2,1-3H3/t12-,14-,15+,17-,18-,19-,20-/m0/s1. The molecule has 0 heterocycles. The lowest BCUT2D eigenvalue weighted by Crippen LogP contribution is -2.68. The van der Waals surface area contributed by atoms with Crippen molar-refractivity contribution >= 4 is 11.6 Å². The highest BCUT2D eigenvalue weighted by Crippen LogP contribution is 2.69. The van der Waals surface area contributed by atoms with Crippen molar-refractivity contribution in [1.82, 2.24) is 0 Å². The second kappa shape index (κ2) is 4.69. The quantitative estimate of drug-likeness (QED) is 0.735. The predicted molar refractivity (Wildman–Crippen MR) is 88.1 cm³/mol. The van der Waals surface area contributed by atoms with Crippen LogP contribution in [0.15, 0.2) is 0 Å². The van der Waals surface area contributed by atoms with Gasteiger partial charge in [0.15, 0.2) is 11.5 Å². The van der Waals surface area contributed by atoms with E-state index in [0.29, 0.717) is 32.1 Å². The third kappa shape index (κ3) is 1.71. The van der Waals surface area contributed by atoms with Gasteiger partial charge in [0.05, 0.1) is 5.60 Å². The second-order valence-corrected chi connectivity index (χ2v) is 9.69. The van der Waals surface area contributed by atoms with Gasteiger partial charge >= 0.3 is 0 Å². The molecule has 0 bridgehead atoms. The maximum Gasteiger partial charge on any atom is 0.177 e. The SMILES string of the molecule is C[C@]1(O)CC[C@H]2[C@H]3CC[C@H]4CC(=O)CC[C@]4(C)[C@@]3(F)C(=O)C[C@@]21C. The summed E-state index contributed by atoms with van der Waals surface area (Å²) in [7, 11) is 0. The van der Waals surface area contributed by atoms with Crippen LogP contribution < -0.4 is 0 Å². The molecule has 0 aromatic rings. The van der Waals surface area contributed by atoms with Gasteiger partial charge < -0.3 is 5.11 Å². The van der Waals surface area contributed by atoms with Crippen LogP contribution in [0, 0.1) is 28.6 Å². The Labute approximate surface area is 143 Å². The number of carbonyl (C=O) groups excluding carboxylic acids is 2. The fourth-order valence-corrected chi connectivity index (χ4v) is 6.98. The van der Waals surface area contributed by atoms with Gasteiger partial charge in [0.2, 0.25) is 0 Å². The summed E-state index contributed by atoms with van der Waals surface area (Å²) in [6.07, 6.45) is 4.41. The van der Waals surface area contributed by atoms with Crippen LogP contribution >= 0.6 is 0 Å². The van der Waals surface area contributed by atoms with E-state index in [9.17, 15) is 14.7 Å². The summed E-state index contributed by atoms with van der Waals surface area (Å²) in [5, 5.41) is 10.9. The zero-order valence-corrected chi connectivity index (χ0v) is 15.0. The van der Waals surface area contributed by atoms with Gasteiger partial charge in [-0.2, -0.15) is 0 Å². The van der Waals surface area contributed by atoms with Crippen LogP contribution in [-0.2, 0) is 9.59 Å². The minimum atomic E-state index is -1.82. The smallest absolute Gasteiger partial charge is 0.177 e. The molecule has 0 amide bonds. The molecule has 3 nitrogen and oxygen atoms in total. The summed E-state index contributed by atoms with van der Waals surface area (Å²) >= 11 is 0. The molecular formula is C20H29FO3. The molecular weight excluding hydrogens is 307 g/mol. The first-order valence-electron chi connectivity index (χ1n) is 9.52. The van der Waals surface area contributed by atoms with Crippen LogP contribution in [0.1, 0.15) is 72.1 Å². The van der Waals surface area contributed by atoms with Gasteiger partial charge in [-0.1, -0.05) is 13.8 Å². The maximum absolute atomic E-state index is 16.6. The molecule has 4 heteroatoms. The molecule has 0 radical (unpaired) electrons. The van der Waals surface area contributed by atoms with Gasteiger partial charge in [-0.25, -0.2) is 4.39 Å². The second-order valence-electron chi connectivity index (χ2n) is 9.69. The Hall–Kier alpha value is -0.770. The third-order valence-electron chi connectivity index (χ3n) is 8.88. The number of Topliss-reactive ketones (excluding diaryl/α,β-unsaturated/α-hetero) is 2. The normalized spacial score (nSPS) is 57.3. The Bertz CT molecular complexity index is 614. The zero-order chi connectivity index (χ0) is 17.5. The summed E-state index contributed by atoms with van der Waals surface area (Å²) in [4.78, 5) is 25.0. The zero-order valence-electron chi connectivity index (χ0n) is 15.0. The highest BCUT2D eigenvalue weighted by molar-refractivity contribution is 5.91. The van der Waals surface area contributed by atoms with Gasteiger partial charge in [-0.05, 0) is 50.9 Å². The molecule has 134 valence electrons. The van der Waals surface area contributed by atoms with Crippen LogP contribution in [0.5, 0.6) is 0 Å². The monoisotopic (exact) mass is 336 g/mol. The minimum Gasteiger partial charge on any atom is -0.390 e. The van der Waals surface area contributed by atoms with E-state index in [1.54, 1.807) is 0 Å². The largest absolute Gasteiger partial charge is 0.390 e. The van der Waals surface area contributed by atoms with E-state index >= 15 is 4.39 Å². The Balaban J connectivity index is 1.79. The number of alkyl halides is 1. The molecule has 24 heavy (non-hydrogen) atoms. The molecule has 4 saturated carbocycles. The molecule has 4 rings (SSSR count). The van der Waals surface area contributed by atoms with E-state index < -0.39 is 22.1 Å². The molecule has 0 saturated heterocycles. The summed E-state index contributed by atoms with van der Waals surface area (Å²) in [6, 6.07) is 0. The van der Waals surface area contributed by atoms with Gasteiger partial charge in [0, 0.05) is 36.0 Å².